The fourth-order valence-electron chi connectivity index (χ4n) is 2.92. The maximum Gasteiger partial charge on any atom is 0.224 e. The van der Waals surface area contributed by atoms with Crippen LogP contribution in [-0.2, 0) is 4.79 Å². The lowest BCUT2D eigenvalue weighted by Crippen LogP contribution is -2.49. The number of benzene rings is 2. The molecular weight excluding hydrogens is 322 g/mol. The molecule has 0 atom stereocenters. The van der Waals surface area contributed by atoms with Crippen molar-refractivity contribution in [1.82, 2.24) is 4.90 Å². The Morgan fingerprint density at radius 2 is 1.75 bits per heavy atom. The average Bonchev–Trinajstić information content (AvgIpc) is 2.63. The van der Waals surface area contributed by atoms with Crippen LogP contribution in [0, 0.1) is 0 Å². The first-order chi connectivity index (χ1) is 11.7. The smallest absolute Gasteiger partial charge is 0.224 e. The Balaban J connectivity index is 1.42. The van der Waals surface area contributed by atoms with Gasteiger partial charge in [0.05, 0.1) is 0 Å². The summed E-state index contributed by atoms with van der Waals surface area (Å²) in [6.07, 6.45) is 0.498. The fourth-order valence-corrected chi connectivity index (χ4v) is 3.11. The van der Waals surface area contributed by atoms with E-state index in [-0.39, 0.29) is 5.91 Å². The van der Waals surface area contributed by atoms with Crippen molar-refractivity contribution in [3.63, 3.8) is 0 Å². The van der Waals surface area contributed by atoms with Gasteiger partial charge in [0.1, 0.15) is 0 Å². The van der Waals surface area contributed by atoms with Gasteiger partial charge in [0.25, 0.3) is 0 Å². The molecule has 2 aromatic carbocycles. The zero-order valence-corrected chi connectivity index (χ0v) is 14.4. The molecule has 0 aliphatic carbocycles. The average molecular weight is 344 g/mol. The van der Waals surface area contributed by atoms with E-state index in [1.165, 1.54) is 5.69 Å². The largest absolute Gasteiger partial charge is 0.384 e. The molecule has 1 aliphatic heterocycles. The molecule has 1 aliphatic rings. The fraction of sp³-hybridized carbons (Fsp3) is 0.316. The summed E-state index contributed by atoms with van der Waals surface area (Å²) in [7, 11) is 0. The van der Waals surface area contributed by atoms with Gasteiger partial charge in [-0.3, -0.25) is 4.79 Å². The molecule has 5 heteroatoms. The van der Waals surface area contributed by atoms with E-state index in [1.807, 2.05) is 47.4 Å². The van der Waals surface area contributed by atoms with Crippen LogP contribution in [-0.4, -0.2) is 43.5 Å². The highest BCUT2D eigenvalue weighted by Crippen LogP contribution is 2.17. The molecule has 0 spiro atoms. The number of para-hydroxylation sites is 1. The van der Waals surface area contributed by atoms with Crippen LogP contribution in [0.15, 0.2) is 54.6 Å². The van der Waals surface area contributed by atoms with Crippen molar-refractivity contribution in [1.29, 1.82) is 0 Å². The lowest BCUT2D eigenvalue weighted by molar-refractivity contribution is -0.131. The lowest BCUT2D eigenvalue weighted by Gasteiger charge is -2.36. The van der Waals surface area contributed by atoms with E-state index in [4.69, 9.17) is 11.6 Å². The minimum atomic E-state index is 0.206. The van der Waals surface area contributed by atoms with E-state index < -0.39 is 0 Å². The molecule has 126 valence electrons. The van der Waals surface area contributed by atoms with Gasteiger partial charge in [0, 0.05) is 55.5 Å². The Morgan fingerprint density at radius 1 is 1.00 bits per heavy atom. The molecule has 0 unspecified atom stereocenters. The van der Waals surface area contributed by atoms with Crippen molar-refractivity contribution in [2.24, 2.45) is 0 Å². The summed E-state index contributed by atoms with van der Waals surface area (Å²) in [4.78, 5) is 16.6. The van der Waals surface area contributed by atoms with Gasteiger partial charge in [0.15, 0.2) is 0 Å². The van der Waals surface area contributed by atoms with Crippen LogP contribution >= 0.6 is 11.6 Å². The number of amides is 1. The Kier molecular flexibility index (Phi) is 5.59. The van der Waals surface area contributed by atoms with Crippen molar-refractivity contribution >= 4 is 28.9 Å². The molecule has 3 rings (SSSR count). The van der Waals surface area contributed by atoms with Crippen molar-refractivity contribution in [3.05, 3.63) is 59.6 Å². The van der Waals surface area contributed by atoms with E-state index in [2.05, 4.69) is 22.3 Å². The van der Waals surface area contributed by atoms with Crippen molar-refractivity contribution in [2.75, 3.05) is 42.9 Å². The summed E-state index contributed by atoms with van der Waals surface area (Å²) in [5.41, 5.74) is 2.18. The van der Waals surface area contributed by atoms with Crippen LogP contribution in [0.25, 0.3) is 0 Å². The topological polar surface area (TPSA) is 35.6 Å². The predicted molar refractivity (Wildman–Crippen MR) is 99.8 cm³/mol. The number of rotatable bonds is 5. The van der Waals surface area contributed by atoms with Gasteiger partial charge in [-0.1, -0.05) is 35.9 Å². The SMILES string of the molecule is O=C(CCNc1cccc(Cl)c1)N1CCN(c2ccccc2)CC1. The quantitative estimate of drug-likeness (QED) is 0.902. The number of nitrogens with zero attached hydrogens (tertiary/aromatic N) is 2. The number of carbonyl (C=O) groups is 1. The van der Waals surface area contributed by atoms with Crippen LogP contribution < -0.4 is 10.2 Å². The number of nitrogens with one attached hydrogen (secondary N) is 1. The third-order valence-electron chi connectivity index (χ3n) is 4.25. The van der Waals surface area contributed by atoms with E-state index in [1.54, 1.807) is 0 Å². The number of anilines is 2. The number of hydrogen-bond acceptors (Lipinski definition) is 3. The van der Waals surface area contributed by atoms with E-state index in [0.29, 0.717) is 18.0 Å². The summed E-state index contributed by atoms with van der Waals surface area (Å²) >= 11 is 5.95. The Bertz CT molecular complexity index is 669. The second kappa shape index (κ2) is 8.06. The molecular formula is C19H22ClN3O. The Hall–Kier alpha value is -2.20. The third-order valence-corrected chi connectivity index (χ3v) is 4.48. The first-order valence-electron chi connectivity index (χ1n) is 8.29. The van der Waals surface area contributed by atoms with Gasteiger partial charge >= 0.3 is 0 Å². The van der Waals surface area contributed by atoms with Crippen LogP contribution in [0.5, 0.6) is 0 Å². The molecule has 2 aromatic rings. The van der Waals surface area contributed by atoms with Gasteiger partial charge in [0.2, 0.25) is 5.91 Å². The second-order valence-electron chi connectivity index (χ2n) is 5.89. The maximum atomic E-state index is 12.3. The predicted octanol–water partition coefficient (Wildman–Crippen LogP) is 3.49. The molecule has 4 nitrogen and oxygen atoms in total. The van der Waals surface area contributed by atoms with Crippen LogP contribution in [0.1, 0.15) is 6.42 Å². The highest BCUT2D eigenvalue weighted by atomic mass is 35.5. The zero-order chi connectivity index (χ0) is 16.8. The van der Waals surface area contributed by atoms with Gasteiger partial charge in [-0.2, -0.15) is 0 Å². The summed E-state index contributed by atoms with van der Waals surface area (Å²) in [6, 6.07) is 17.9. The molecule has 0 radical (unpaired) electrons. The number of hydrogen-bond donors (Lipinski definition) is 1. The Morgan fingerprint density at radius 3 is 2.46 bits per heavy atom. The van der Waals surface area contributed by atoms with E-state index >= 15 is 0 Å². The second-order valence-corrected chi connectivity index (χ2v) is 6.33. The van der Waals surface area contributed by atoms with E-state index in [0.717, 1.165) is 31.9 Å². The third kappa shape index (κ3) is 4.42. The van der Waals surface area contributed by atoms with Crippen LogP contribution in [0.2, 0.25) is 5.02 Å². The number of carbonyl (C=O) groups excluding carboxylic acids is 1. The first kappa shape index (κ1) is 16.7. The van der Waals surface area contributed by atoms with Crippen molar-refractivity contribution in [3.8, 4) is 0 Å². The summed E-state index contributed by atoms with van der Waals surface area (Å²) in [5, 5.41) is 3.95. The number of piperazine rings is 1. The van der Waals surface area contributed by atoms with Gasteiger partial charge < -0.3 is 15.1 Å². The first-order valence-corrected chi connectivity index (χ1v) is 8.67. The van der Waals surface area contributed by atoms with Gasteiger partial charge in [-0.25, -0.2) is 0 Å². The molecule has 1 fully saturated rings. The standard InChI is InChI=1S/C19H22ClN3O/c20-16-5-4-6-17(15-16)21-10-9-19(24)23-13-11-22(12-14-23)18-7-2-1-3-8-18/h1-8,15,21H,9-14H2. The summed E-state index contributed by atoms with van der Waals surface area (Å²) in [5.74, 6) is 0.206. The Labute approximate surface area is 148 Å². The number of halogens is 1. The summed E-state index contributed by atoms with van der Waals surface area (Å²) < 4.78 is 0. The highest BCUT2D eigenvalue weighted by Gasteiger charge is 2.20. The molecule has 1 amide bonds. The molecule has 0 saturated carbocycles. The molecule has 1 saturated heterocycles. The van der Waals surface area contributed by atoms with Crippen molar-refractivity contribution in [2.45, 2.75) is 6.42 Å². The summed E-state index contributed by atoms with van der Waals surface area (Å²) in [6.45, 7) is 3.96. The highest BCUT2D eigenvalue weighted by molar-refractivity contribution is 6.30. The lowest BCUT2D eigenvalue weighted by atomic mass is 10.2. The monoisotopic (exact) mass is 343 g/mol. The zero-order valence-electron chi connectivity index (χ0n) is 13.6. The van der Waals surface area contributed by atoms with Crippen LogP contribution in [0.4, 0.5) is 11.4 Å². The minimum Gasteiger partial charge on any atom is -0.384 e. The molecule has 1 N–H and O–H groups in total. The molecule has 1 heterocycles. The maximum absolute atomic E-state index is 12.3. The van der Waals surface area contributed by atoms with Gasteiger partial charge in [-0.15, -0.1) is 0 Å². The normalized spacial score (nSPS) is 14.5. The molecule has 0 aromatic heterocycles. The molecule has 24 heavy (non-hydrogen) atoms. The van der Waals surface area contributed by atoms with E-state index in [9.17, 15) is 4.79 Å². The van der Waals surface area contributed by atoms with Crippen LogP contribution in [0.3, 0.4) is 0 Å². The minimum absolute atomic E-state index is 0.206. The molecule has 0 bridgehead atoms. The van der Waals surface area contributed by atoms with Gasteiger partial charge in [-0.05, 0) is 30.3 Å². The van der Waals surface area contributed by atoms with Crippen molar-refractivity contribution < 1.29 is 4.79 Å².